The molecular weight excluding hydrogens is 267 g/mol. The molecule has 4 heteroatoms. The van der Waals surface area contributed by atoms with Crippen molar-refractivity contribution in [2.45, 2.75) is 32.7 Å². The van der Waals surface area contributed by atoms with Crippen molar-refractivity contribution in [3.05, 3.63) is 53.0 Å². The summed E-state index contributed by atoms with van der Waals surface area (Å²) in [6, 6.07) is 7.63. The zero-order chi connectivity index (χ0) is 14.7. The van der Waals surface area contributed by atoms with Crippen molar-refractivity contribution in [1.82, 2.24) is 10.3 Å². The molecule has 1 aromatic carbocycles. The fourth-order valence-electron chi connectivity index (χ4n) is 2.67. The SMILES string of the molecule is CCNCc1cc(F)cnc1Oc1ccc2c(c1)CCC2. The van der Waals surface area contributed by atoms with Gasteiger partial charge in [0.15, 0.2) is 0 Å². The van der Waals surface area contributed by atoms with E-state index in [-0.39, 0.29) is 5.82 Å². The van der Waals surface area contributed by atoms with E-state index in [9.17, 15) is 4.39 Å². The maximum Gasteiger partial charge on any atom is 0.223 e. The fourth-order valence-corrected chi connectivity index (χ4v) is 2.67. The first-order valence-electron chi connectivity index (χ1n) is 7.41. The van der Waals surface area contributed by atoms with Crippen LogP contribution in [-0.4, -0.2) is 11.5 Å². The molecular formula is C17H19FN2O. The lowest BCUT2D eigenvalue weighted by Gasteiger charge is -2.11. The number of nitrogens with zero attached hydrogens (tertiary/aromatic N) is 1. The van der Waals surface area contributed by atoms with Crippen LogP contribution in [0.25, 0.3) is 0 Å². The molecule has 21 heavy (non-hydrogen) atoms. The Morgan fingerprint density at radius 2 is 2.10 bits per heavy atom. The van der Waals surface area contributed by atoms with Gasteiger partial charge in [-0.3, -0.25) is 0 Å². The molecule has 2 aromatic rings. The summed E-state index contributed by atoms with van der Waals surface area (Å²) in [5.74, 6) is 0.895. The minimum Gasteiger partial charge on any atom is -0.439 e. The Labute approximate surface area is 124 Å². The van der Waals surface area contributed by atoms with Gasteiger partial charge < -0.3 is 10.1 Å². The van der Waals surface area contributed by atoms with Crippen LogP contribution in [0.1, 0.15) is 30.0 Å². The maximum absolute atomic E-state index is 13.3. The van der Waals surface area contributed by atoms with E-state index >= 15 is 0 Å². The first-order chi connectivity index (χ1) is 10.3. The van der Waals surface area contributed by atoms with Crippen molar-refractivity contribution in [3.8, 4) is 11.6 Å². The first-order valence-corrected chi connectivity index (χ1v) is 7.41. The molecule has 3 rings (SSSR count). The standard InChI is InChI=1S/C17H19FN2O/c1-2-19-10-14-8-15(18)11-20-17(14)21-16-7-6-12-4-3-5-13(12)9-16/h6-9,11,19H,2-5,10H2,1H3. The normalized spacial score (nSPS) is 13.2. The van der Waals surface area contributed by atoms with Crippen molar-refractivity contribution in [2.24, 2.45) is 0 Å². The van der Waals surface area contributed by atoms with Gasteiger partial charge in [-0.15, -0.1) is 0 Å². The van der Waals surface area contributed by atoms with Crippen molar-refractivity contribution >= 4 is 0 Å². The summed E-state index contributed by atoms with van der Waals surface area (Å²) in [4.78, 5) is 4.08. The van der Waals surface area contributed by atoms with Crippen LogP contribution in [0.15, 0.2) is 30.5 Å². The van der Waals surface area contributed by atoms with Gasteiger partial charge in [0.25, 0.3) is 0 Å². The smallest absolute Gasteiger partial charge is 0.223 e. The van der Waals surface area contributed by atoms with Crippen molar-refractivity contribution < 1.29 is 9.13 Å². The Bertz CT molecular complexity index is 643. The largest absolute Gasteiger partial charge is 0.439 e. The van der Waals surface area contributed by atoms with Crippen LogP contribution < -0.4 is 10.1 Å². The second kappa shape index (κ2) is 6.22. The van der Waals surface area contributed by atoms with E-state index < -0.39 is 0 Å². The second-order valence-corrected chi connectivity index (χ2v) is 5.28. The summed E-state index contributed by atoms with van der Waals surface area (Å²) in [6.45, 7) is 3.37. The molecule has 1 aromatic heterocycles. The molecule has 1 heterocycles. The zero-order valence-electron chi connectivity index (χ0n) is 12.2. The third kappa shape index (κ3) is 3.22. The summed E-state index contributed by atoms with van der Waals surface area (Å²) in [6.07, 6.45) is 4.65. The molecule has 0 fully saturated rings. The minimum atomic E-state index is -0.343. The Kier molecular flexibility index (Phi) is 4.15. The number of pyridine rings is 1. The van der Waals surface area contributed by atoms with E-state index in [2.05, 4.69) is 22.4 Å². The summed E-state index contributed by atoms with van der Waals surface area (Å²) < 4.78 is 19.2. The molecule has 0 amide bonds. The number of ether oxygens (including phenoxy) is 1. The highest BCUT2D eigenvalue weighted by Crippen LogP contribution is 2.29. The summed E-state index contributed by atoms with van der Waals surface area (Å²) in [7, 11) is 0. The van der Waals surface area contributed by atoms with Crippen molar-refractivity contribution in [2.75, 3.05) is 6.54 Å². The Hall–Kier alpha value is -1.94. The van der Waals surface area contributed by atoms with Gasteiger partial charge >= 0.3 is 0 Å². The van der Waals surface area contributed by atoms with E-state index in [0.29, 0.717) is 12.4 Å². The van der Waals surface area contributed by atoms with E-state index in [1.807, 2.05) is 13.0 Å². The monoisotopic (exact) mass is 286 g/mol. The minimum absolute atomic E-state index is 0.343. The zero-order valence-corrected chi connectivity index (χ0v) is 12.2. The number of fused-ring (bicyclic) bond motifs is 1. The molecule has 1 aliphatic rings. The highest BCUT2D eigenvalue weighted by molar-refractivity contribution is 5.40. The molecule has 110 valence electrons. The molecule has 1 aliphatic carbocycles. The van der Waals surface area contributed by atoms with Crippen molar-refractivity contribution in [1.29, 1.82) is 0 Å². The quantitative estimate of drug-likeness (QED) is 0.911. The van der Waals surface area contributed by atoms with Gasteiger partial charge in [-0.1, -0.05) is 13.0 Å². The lowest BCUT2D eigenvalue weighted by atomic mass is 10.1. The number of nitrogens with one attached hydrogen (secondary N) is 1. The summed E-state index contributed by atoms with van der Waals surface area (Å²) in [5, 5.41) is 3.17. The van der Waals surface area contributed by atoms with Crippen LogP contribution in [0.3, 0.4) is 0 Å². The van der Waals surface area contributed by atoms with Gasteiger partial charge in [0.2, 0.25) is 5.88 Å². The average molecular weight is 286 g/mol. The molecule has 1 N–H and O–H groups in total. The molecule has 0 aliphatic heterocycles. The molecule has 0 saturated carbocycles. The van der Waals surface area contributed by atoms with Crippen LogP contribution in [0.2, 0.25) is 0 Å². The number of aromatic nitrogens is 1. The Morgan fingerprint density at radius 1 is 1.24 bits per heavy atom. The van der Waals surface area contributed by atoms with Crippen LogP contribution in [0.4, 0.5) is 4.39 Å². The second-order valence-electron chi connectivity index (χ2n) is 5.28. The molecule has 0 spiro atoms. The lowest BCUT2D eigenvalue weighted by Crippen LogP contribution is -2.13. The van der Waals surface area contributed by atoms with Gasteiger partial charge in [0.05, 0.1) is 6.20 Å². The third-order valence-corrected chi connectivity index (χ3v) is 3.74. The van der Waals surface area contributed by atoms with Gasteiger partial charge in [0, 0.05) is 12.1 Å². The molecule has 0 radical (unpaired) electrons. The predicted octanol–water partition coefficient (Wildman–Crippen LogP) is 3.61. The van der Waals surface area contributed by atoms with E-state index in [0.717, 1.165) is 30.7 Å². The molecule has 0 saturated heterocycles. The Morgan fingerprint density at radius 3 is 2.95 bits per heavy atom. The maximum atomic E-state index is 13.3. The van der Waals surface area contributed by atoms with E-state index in [1.165, 1.54) is 29.8 Å². The highest BCUT2D eigenvalue weighted by atomic mass is 19.1. The third-order valence-electron chi connectivity index (χ3n) is 3.74. The van der Waals surface area contributed by atoms with Gasteiger partial charge in [0.1, 0.15) is 11.6 Å². The van der Waals surface area contributed by atoms with Gasteiger partial charge in [-0.05, 0) is 55.1 Å². The molecule has 0 bridgehead atoms. The fraction of sp³-hybridized carbons (Fsp3) is 0.353. The molecule has 3 nitrogen and oxygen atoms in total. The van der Waals surface area contributed by atoms with E-state index in [4.69, 9.17) is 4.74 Å². The van der Waals surface area contributed by atoms with Crippen LogP contribution >= 0.6 is 0 Å². The van der Waals surface area contributed by atoms with Crippen LogP contribution in [-0.2, 0) is 19.4 Å². The number of halogens is 1. The number of benzene rings is 1. The van der Waals surface area contributed by atoms with Crippen LogP contribution in [0, 0.1) is 5.82 Å². The molecule has 0 unspecified atom stereocenters. The molecule has 0 atom stereocenters. The summed E-state index contributed by atoms with van der Waals surface area (Å²) in [5.41, 5.74) is 3.49. The van der Waals surface area contributed by atoms with Gasteiger partial charge in [-0.25, -0.2) is 9.37 Å². The first kappa shape index (κ1) is 14.0. The number of rotatable bonds is 5. The van der Waals surface area contributed by atoms with Crippen LogP contribution in [0.5, 0.6) is 11.6 Å². The number of hydrogen-bond acceptors (Lipinski definition) is 3. The lowest BCUT2D eigenvalue weighted by molar-refractivity contribution is 0.448. The topological polar surface area (TPSA) is 34.2 Å². The van der Waals surface area contributed by atoms with Gasteiger partial charge in [-0.2, -0.15) is 0 Å². The average Bonchev–Trinajstić information content (AvgIpc) is 2.95. The number of hydrogen-bond donors (Lipinski definition) is 1. The van der Waals surface area contributed by atoms with E-state index in [1.54, 1.807) is 0 Å². The predicted molar refractivity (Wildman–Crippen MR) is 80.1 cm³/mol. The highest BCUT2D eigenvalue weighted by Gasteiger charge is 2.13. The Balaban J connectivity index is 1.83. The summed E-state index contributed by atoms with van der Waals surface area (Å²) >= 11 is 0. The van der Waals surface area contributed by atoms with Crippen molar-refractivity contribution in [3.63, 3.8) is 0 Å². The number of aryl methyl sites for hydroxylation is 2.